The van der Waals surface area contributed by atoms with Crippen LogP contribution in [0.3, 0.4) is 0 Å². The van der Waals surface area contributed by atoms with E-state index in [1.807, 2.05) is 0 Å². The van der Waals surface area contributed by atoms with E-state index in [4.69, 9.17) is 10.3 Å². The fraction of sp³-hybridized carbons (Fsp3) is 0.111. The number of hydrogen-bond donors (Lipinski definition) is 3. The Balaban J connectivity index is 1.91. The molecule has 0 aliphatic rings. The van der Waals surface area contributed by atoms with Crippen molar-refractivity contribution in [1.29, 1.82) is 0 Å². The van der Waals surface area contributed by atoms with Crippen molar-refractivity contribution >= 4 is 58.2 Å². The molecule has 0 amide bonds. The zero-order valence-electron chi connectivity index (χ0n) is 16.6. The van der Waals surface area contributed by atoms with E-state index in [1.165, 1.54) is 30.3 Å². The summed E-state index contributed by atoms with van der Waals surface area (Å²) in [7, 11) is -13.4. The number of nitrogens with zero attached hydrogens (tertiary/aromatic N) is 2. The first-order valence-electron chi connectivity index (χ1n) is 8.93. The molecule has 15 heteroatoms. The molecule has 0 heterocycles. The average molecular weight is 516 g/mol. The Hall–Kier alpha value is -2.95. The number of hydrogen-bond acceptors (Lipinski definition) is 10. The zero-order chi connectivity index (χ0) is 24.4. The standard InChI is InChI=1S/C18H17N3O9S3/c19-17-15-4-2-1-3-12(15)11-16(32(24,25)26)18(17)21-20-13-5-7-14(8-6-13)31(22,23)10-9-30-33(27,28)29/h1-8,11H,9-10,19H2,(H,24,25,26)(H,27,28,29)/b21-20+. The summed E-state index contributed by atoms with van der Waals surface area (Å²) >= 11 is 0. The van der Waals surface area contributed by atoms with Crippen LogP contribution >= 0.6 is 0 Å². The number of azo groups is 1. The summed E-state index contributed by atoms with van der Waals surface area (Å²) in [6, 6.07) is 12.7. The fourth-order valence-corrected chi connectivity index (χ4v) is 4.99. The van der Waals surface area contributed by atoms with Gasteiger partial charge in [-0.05, 0) is 35.7 Å². The highest BCUT2D eigenvalue weighted by Crippen LogP contribution is 2.38. The minimum absolute atomic E-state index is 0.0255. The second-order valence-corrected chi connectivity index (χ2v) is 11.2. The molecule has 0 atom stereocenters. The Morgan fingerprint density at radius 2 is 1.52 bits per heavy atom. The van der Waals surface area contributed by atoms with Crippen molar-refractivity contribution < 1.29 is 38.5 Å². The number of nitrogen functional groups attached to an aromatic ring is 1. The molecule has 0 radical (unpaired) electrons. The molecular weight excluding hydrogens is 498 g/mol. The highest BCUT2D eigenvalue weighted by molar-refractivity contribution is 7.91. The number of fused-ring (bicyclic) bond motifs is 1. The number of nitrogens with two attached hydrogens (primary N) is 1. The van der Waals surface area contributed by atoms with E-state index < -0.39 is 47.6 Å². The molecule has 4 N–H and O–H groups in total. The average Bonchev–Trinajstić information content (AvgIpc) is 2.71. The van der Waals surface area contributed by atoms with E-state index >= 15 is 0 Å². The fourth-order valence-electron chi connectivity index (χ4n) is 2.83. The van der Waals surface area contributed by atoms with Crippen molar-refractivity contribution in [2.75, 3.05) is 18.1 Å². The van der Waals surface area contributed by atoms with Crippen LogP contribution in [0.5, 0.6) is 0 Å². The summed E-state index contributed by atoms with van der Waals surface area (Å²) in [5.74, 6) is -0.709. The minimum atomic E-state index is -4.76. The molecule has 0 aliphatic heterocycles. The Kier molecular flexibility index (Phi) is 6.83. The Bertz CT molecular complexity index is 1550. The lowest BCUT2D eigenvalue weighted by atomic mass is 10.1. The van der Waals surface area contributed by atoms with Crippen LogP contribution in [0.4, 0.5) is 17.1 Å². The third-order valence-corrected chi connectivity index (χ3v) is 7.38. The van der Waals surface area contributed by atoms with Gasteiger partial charge in [-0.3, -0.25) is 9.11 Å². The molecule has 3 aromatic carbocycles. The molecule has 0 aromatic heterocycles. The lowest BCUT2D eigenvalue weighted by Crippen LogP contribution is -2.15. The lowest BCUT2D eigenvalue weighted by Gasteiger charge is -2.09. The second-order valence-electron chi connectivity index (χ2n) is 6.60. The first-order chi connectivity index (χ1) is 15.3. The van der Waals surface area contributed by atoms with Crippen molar-refractivity contribution in [1.82, 2.24) is 0 Å². The summed E-state index contributed by atoms with van der Waals surface area (Å²) in [6.45, 7) is -0.776. The van der Waals surface area contributed by atoms with Crippen molar-refractivity contribution in [2.24, 2.45) is 10.2 Å². The number of benzene rings is 3. The molecule has 12 nitrogen and oxygen atoms in total. The van der Waals surface area contributed by atoms with E-state index in [0.29, 0.717) is 10.8 Å². The van der Waals surface area contributed by atoms with E-state index in [1.54, 1.807) is 24.3 Å². The van der Waals surface area contributed by atoms with Gasteiger partial charge in [0.15, 0.2) is 9.84 Å². The van der Waals surface area contributed by atoms with E-state index in [0.717, 1.165) is 0 Å². The van der Waals surface area contributed by atoms with Crippen LogP contribution < -0.4 is 5.73 Å². The number of sulfone groups is 1. The molecule has 0 saturated carbocycles. The zero-order valence-corrected chi connectivity index (χ0v) is 19.0. The molecule has 0 saturated heterocycles. The smallest absolute Gasteiger partial charge is 0.396 e. The first-order valence-corrected chi connectivity index (χ1v) is 13.4. The Morgan fingerprint density at radius 1 is 0.879 bits per heavy atom. The highest BCUT2D eigenvalue weighted by Gasteiger charge is 2.21. The van der Waals surface area contributed by atoms with Crippen LogP contribution in [-0.4, -0.2) is 46.7 Å². The van der Waals surface area contributed by atoms with Crippen LogP contribution in [0.1, 0.15) is 0 Å². The molecule has 0 aliphatic carbocycles. The van der Waals surface area contributed by atoms with Gasteiger partial charge in [-0.2, -0.15) is 21.9 Å². The van der Waals surface area contributed by atoms with Gasteiger partial charge in [0.25, 0.3) is 10.1 Å². The maximum Gasteiger partial charge on any atom is 0.397 e. The van der Waals surface area contributed by atoms with Crippen LogP contribution in [0.2, 0.25) is 0 Å². The molecule has 3 aromatic rings. The monoisotopic (exact) mass is 515 g/mol. The SMILES string of the molecule is Nc1c(/N=N/c2ccc(S(=O)(=O)CCOS(=O)(=O)O)cc2)c(S(=O)(=O)O)cc2ccccc12. The van der Waals surface area contributed by atoms with E-state index in [9.17, 15) is 29.8 Å². The van der Waals surface area contributed by atoms with Gasteiger partial charge in [-0.1, -0.05) is 24.3 Å². The third-order valence-electron chi connectivity index (χ3n) is 4.35. The van der Waals surface area contributed by atoms with Gasteiger partial charge in [-0.15, -0.1) is 5.11 Å². The topological polar surface area (TPSA) is 203 Å². The third kappa shape index (κ3) is 6.10. The number of anilines is 1. The molecule has 0 unspecified atom stereocenters. The van der Waals surface area contributed by atoms with Crippen molar-refractivity contribution in [3.63, 3.8) is 0 Å². The summed E-state index contributed by atoms with van der Waals surface area (Å²) in [6.07, 6.45) is 0. The molecule has 0 spiro atoms. The van der Waals surface area contributed by atoms with Gasteiger partial charge < -0.3 is 5.73 Å². The molecule has 3 rings (SSSR count). The maximum absolute atomic E-state index is 12.2. The van der Waals surface area contributed by atoms with Crippen LogP contribution in [-0.2, 0) is 34.5 Å². The van der Waals surface area contributed by atoms with Crippen molar-refractivity contribution in [3.8, 4) is 0 Å². The van der Waals surface area contributed by atoms with Gasteiger partial charge in [0.1, 0.15) is 10.6 Å². The van der Waals surface area contributed by atoms with Crippen LogP contribution in [0.15, 0.2) is 74.6 Å². The van der Waals surface area contributed by atoms with Gasteiger partial charge >= 0.3 is 10.4 Å². The summed E-state index contributed by atoms with van der Waals surface area (Å²) in [5.41, 5.74) is 5.89. The normalized spacial score (nSPS) is 13.0. The van der Waals surface area contributed by atoms with Crippen LogP contribution in [0.25, 0.3) is 10.8 Å². The quantitative estimate of drug-likeness (QED) is 0.227. The Morgan fingerprint density at radius 3 is 2.12 bits per heavy atom. The minimum Gasteiger partial charge on any atom is -0.396 e. The summed E-state index contributed by atoms with van der Waals surface area (Å²) in [4.78, 5) is -0.718. The Labute approximate surface area is 189 Å². The largest absolute Gasteiger partial charge is 0.397 e. The number of rotatable bonds is 8. The predicted molar refractivity (Wildman–Crippen MR) is 118 cm³/mol. The summed E-state index contributed by atoms with van der Waals surface area (Å²) in [5, 5.41) is 8.69. The molecular formula is C18H17N3O9S3. The highest BCUT2D eigenvalue weighted by atomic mass is 32.3. The molecule has 0 bridgehead atoms. The molecule has 0 fully saturated rings. The van der Waals surface area contributed by atoms with Gasteiger partial charge in [0.2, 0.25) is 0 Å². The van der Waals surface area contributed by atoms with Crippen LogP contribution in [0, 0.1) is 0 Å². The van der Waals surface area contributed by atoms with E-state index in [2.05, 4.69) is 14.4 Å². The van der Waals surface area contributed by atoms with E-state index in [-0.39, 0.29) is 22.0 Å². The second kappa shape index (κ2) is 9.12. The molecule has 33 heavy (non-hydrogen) atoms. The van der Waals surface area contributed by atoms with Crippen molar-refractivity contribution in [2.45, 2.75) is 9.79 Å². The lowest BCUT2D eigenvalue weighted by molar-refractivity contribution is 0.284. The molecule has 176 valence electrons. The first kappa shape index (κ1) is 24.7. The van der Waals surface area contributed by atoms with Crippen molar-refractivity contribution in [3.05, 3.63) is 54.6 Å². The van der Waals surface area contributed by atoms with Gasteiger partial charge in [-0.25, -0.2) is 12.6 Å². The van der Waals surface area contributed by atoms with Gasteiger partial charge in [0, 0.05) is 5.39 Å². The van der Waals surface area contributed by atoms with Gasteiger partial charge in [0.05, 0.1) is 28.6 Å². The maximum atomic E-state index is 12.2. The predicted octanol–water partition coefficient (Wildman–Crippen LogP) is 2.68. The summed E-state index contributed by atoms with van der Waals surface area (Å²) < 4.78 is 91.2.